The minimum atomic E-state index is -1.45. The number of nitrogens with zero attached hydrogens (tertiary/aromatic N) is 2. The molecule has 0 saturated carbocycles. The van der Waals surface area contributed by atoms with E-state index in [4.69, 9.17) is 0 Å². The lowest BCUT2D eigenvalue weighted by Gasteiger charge is -2.06. The van der Waals surface area contributed by atoms with E-state index < -0.39 is 11.1 Å². The maximum absolute atomic E-state index is 10.7. The normalized spacial score (nSPS) is 22.0. The van der Waals surface area contributed by atoms with Gasteiger partial charge in [0.15, 0.2) is 0 Å². The lowest BCUT2D eigenvalue weighted by atomic mass is 10.2. The van der Waals surface area contributed by atoms with Crippen molar-refractivity contribution >= 4 is 16.1 Å². The first-order valence-electron chi connectivity index (χ1n) is 4.02. The average molecular weight is 208 g/mol. The van der Waals surface area contributed by atoms with E-state index in [1.165, 1.54) is 6.20 Å². The van der Waals surface area contributed by atoms with Crippen LogP contribution in [0.1, 0.15) is 5.56 Å². The summed E-state index contributed by atoms with van der Waals surface area (Å²) in [5, 5.41) is 12.8. The second kappa shape index (κ2) is 3.63. The van der Waals surface area contributed by atoms with Gasteiger partial charge < -0.3 is 0 Å². The minimum absolute atomic E-state index is 0.273. The summed E-state index contributed by atoms with van der Waals surface area (Å²) < 4.78 is -0.273. The third-order valence-corrected chi connectivity index (χ3v) is 3.40. The molecule has 0 N–H and O–H groups in total. The Balaban J connectivity index is 2.33. The molecule has 1 aromatic rings. The fourth-order valence-electron chi connectivity index (χ4n) is 1.22. The van der Waals surface area contributed by atoms with E-state index in [9.17, 15) is 10.1 Å². The summed E-state index contributed by atoms with van der Waals surface area (Å²) in [4.78, 5) is 14.7. The first kappa shape index (κ1) is 8.96. The van der Waals surface area contributed by atoms with Gasteiger partial charge >= 0.3 is 0 Å². The molecular formula is C9H8N2O2S. The third kappa shape index (κ3) is 1.54. The second-order valence-corrected chi connectivity index (χ2v) is 4.44. The van der Waals surface area contributed by atoms with Crippen LogP contribution >= 0.6 is 11.1 Å². The molecule has 0 fully saturated rings. The predicted molar refractivity (Wildman–Crippen MR) is 58.1 cm³/mol. The predicted octanol–water partition coefficient (Wildman–Crippen LogP) is 2.11. The molecule has 1 aliphatic rings. The van der Waals surface area contributed by atoms with Crippen molar-refractivity contribution in [3.05, 3.63) is 57.6 Å². The molecule has 0 saturated heterocycles. The van der Waals surface area contributed by atoms with Gasteiger partial charge in [-0.15, -0.1) is 0 Å². The van der Waals surface area contributed by atoms with Crippen molar-refractivity contribution in [2.45, 2.75) is 0 Å². The molecule has 5 heteroatoms. The van der Waals surface area contributed by atoms with Crippen molar-refractivity contribution in [2.24, 2.45) is 4.99 Å². The molecule has 0 amide bonds. The SMILES string of the molecule is O=[N+]([O-])[SH]1C=CN=C1c1ccccc1. The molecule has 0 spiro atoms. The minimum Gasteiger partial charge on any atom is -0.252 e. The van der Waals surface area contributed by atoms with Gasteiger partial charge in [-0.1, -0.05) is 30.3 Å². The van der Waals surface area contributed by atoms with Crippen LogP contribution in [0.15, 0.2) is 46.9 Å². The molecule has 0 aliphatic carbocycles. The quantitative estimate of drug-likeness (QED) is 0.459. The van der Waals surface area contributed by atoms with Crippen LogP contribution in [0.2, 0.25) is 0 Å². The van der Waals surface area contributed by atoms with Crippen LogP contribution < -0.4 is 0 Å². The highest BCUT2D eigenvalue weighted by Crippen LogP contribution is 2.36. The molecule has 4 nitrogen and oxygen atoms in total. The van der Waals surface area contributed by atoms with Gasteiger partial charge in [-0.2, -0.15) is 0 Å². The highest BCUT2D eigenvalue weighted by molar-refractivity contribution is 8.28. The van der Waals surface area contributed by atoms with E-state index in [0.29, 0.717) is 5.04 Å². The first-order chi connectivity index (χ1) is 6.79. The number of thiol groups is 1. The maximum atomic E-state index is 10.7. The van der Waals surface area contributed by atoms with E-state index in [0.717, 1.165) is 5.56 Å². The highest BCUT2D eigenvalue weighted by Gasteiger charge is 2.23. The summed E-state index contributed by atoms with van der Waals surface area (Å²) >= 11 is -1.45. The molecule has 1 heterocycles. The lowest BCUT2D eigenvalue weighted by Crippen LogP contribution is -2.04. The zero-order valence-electron chi connectivity index (χ0n) is 7.20. The molecule has 2 rings (SSSR count). The summed E-state index contributed by atoms with van der Waals surface area (Å²) in [6, 6.07) is 9.25. The largest absolute Gasteiger partial charge is 0.252 e. The molecule has 1 aliphatic heterocycles. The fraction of sp³-hybridized carbons (Fsp3) is 0. The summed E-state index contributed by atoms with van der Waals surface area (Å²) in [5.74, 6) is 0. The molecular weight excluding hydrogens is 200 g/mol. The molecule has 1 aromatic carbocycles. The Hall–Kier alpha value is -1.62. The zero-order valence-corrected chi connectivity index (χ0v) is 8.09. The number of hydrogen-bond acceptors (Lipinski definition) is 3. The van der Waals surface area contributed by atoms with Crippen LogP contribution in [-0.2, 0) is 0 Å². The Morgan fingerprint density at radius 3 is 2.64 bits per heavy atom. The van der Waals surface area contributed by atoms with E-state index >= 15 is 0 Å². The Bertz CT molecular complexity index is 414. The Morgan fingerprint density at radius 2 is 2.00 bits per heavy atom. The van der Waals surface area contributed by atoms with Gasteiger partial charge in [0.25, 0.3) is 0 Å². The highest BCUT2D eigenvalue weighted by atomic mass is 32.2. The Labute approximate surface area is 83.6 Å². The van der Waals surface area contributed by atoms with Crippen LogP contribution in [0.4, 0.5) is 0 Å². The third-order valence-electron chi connectivity index (χ3n) is 1.83. The van der Waals surface area contributed by atoms with Crippen LogP contribution in [0.5, 0.6) is 0 Å². The standard InChI is InChI=1S/C9H8N2O2S/c12-11(13)14-7-6-10-9(14)8-4-2-1-3-5-8/h1-7,14H. The molecule has 14 heavy (non-hydrogen) atoms. The van der Waals surface area contributed by atoms with Gasteiger partial charge in [0.05, 0.1) is 15.4 Å². The van der Waals surface area contributed by atoms with E-state index in [1.54, 1.807) is 5.41 Å². The van der Waals surface area contributed by atoms with E-state index in [2.05, 4.69) is 4.99 Å². The topological polar surface area (TPSA) is 55.5 Å². The van der Waals surface area contributed by atoms with Gasteiger partial charge in [0.2, 0.25) is 0 Å². The van der Waals surface area contributed by atoms with Crippen molar-refractivity contribution in [1.29, 1.82) is 0 Å². The van der Waals surface area contributed by atoms with Crippen LogP contribution in [0.25, 0.3) is 0 Å². The van der Waals surface area contributed by atoms with Crippen molar-refractivity contribution in [1.82, 2.24) is 0 Å². The average Bonchev–Trinajstić information content (AvgIpc) is 2.67. The molecule has 72 valence electrons. The van der Waals surface area contributed by atoms with Gasteiger partial charge in [0, 0.05) is 17.2 Å². The van der Waals surface area contributed by atoms with Crippen LogP contribution in [0.3, 0.4) is 0 Å². The number of aliphatic imine (C=N–C) groups is 1. The van der Waals surface area contributed by atoms with Gasteiger partial charge in [0.1, 0.15) is 5.04 Å². The second-order valence-electron chi connectivity index (χ2n) is 2.70. The van der Waals surface area contributed by atoms with Gasteiger partial charge in [-0.3, -0.25) is 10.1 Å². The monoisotopic (exact) mass is 208 g/mol. The van der Waals surface area contributed by atoms with Crippen molar-refractivity contribution < 1.29 is 4.33 Å². The van der Waals surface area contributed by atoms with Gasteiger partial charge in [-0.05, 0) is 0 Å². The number of benzene rings is 1. The Morgan fingerprint density at radius 1 is 1.29 bits per heavy atom. The zero-order chi connectivity index (χ0) is 9.97. The number of rotatable bonds is 2. The van der Waals surface area contributed by atoms with Gasteiger partial charge in [-0.25, -0.2) is 4.99 Å². The summed E-state index contributed by atoms with van der Waals surface area (Å²) in [7, 11) is 0. The van der Waals surface area contributed by atoms with Crippen LogP contribution in [-0.4, -0.2) is 9.37 Å². The summed E-state index contributed by atoms with van der Waals surface area (Å²) in [6.07, 6.45) is 1.51. The summed E-state index contributed by atoms with van der Waals surface area (Å²) in [5.41, 5.74) is 0.834. The van der Waals surface area contributed by atoms with Crippen molar-refractivity contribution in [3.8, 4) is 0 Å². The first-order valence-corrected chi connectivity index (χ1v) is 5.39. The number of hydrogen-bond donors (Lipinski definition) is 1. The maximum Gasteiger partial charge on any atom is 0.148 e. The summed E-state index contributed by atoms with van der Waals surface area (Å²) in [6.45, 7) is 0. The van der Waals surface area contributed by atoms with Crippen molar-refractivity contribution in [2.75, 3.05) is 0 Å². The van der Waals surface area contributed by atoms with E-state index in [-0.39, 0.29) is 4.33 Å². The fourth-order valence-corrected chi connectivity index (χ4v) is 2.42. The smallest absolute Gasteiger partial charge is 0.148 e. The molecule has 1 atom stereocenters. The molecule has 0 aromatic heterocycles. The Kier molecular flexibility index (Phi) is 2.32. The van der Waals surface area contributed by atoms with Crippen molar-refractivity contribution in [3.63, 3.8) is 0 Å². The number of nitro groups is 1. The molecule has 0 radical (unpaired) electrons. The molecule has 1 unspecified atom stereocenters. The van der Waals surface area contributed by atoms with E-state index in [1.807, 2.05) is 30.3 Å². The molecule has 0 bridgehead atoms. The van der Waals surface area contributed by atoms with Crippen LogP contribution in [0, 0.1) is 10.1 Å². The lowest BCUT2D eigenvalue weighted by molar-refractivity contribution is -0.285.